The van der Waals surface area contributed by atoms with Crippen LogP contribution in [0.4, 0.5) is 5.69 Å². The Bertz CT molecular complexity index is 1060. The fourth-order valence-corrected chi connectivity index (χ4v) is 2.89. The molecule has 0 fully saturated rings. The summed E-state index contributed by atoms with van der Waals surface area (Å²) >= 11 is 0. The predicted octanol–water partition coefficient (Wildman–Crippen LogP) is 3.56. The van der Waals surface area contributed by atoms with Gasteiger partial charge in [0.25, 0.3) is 5.56 Å². The Morgan fingerprint density at radius 2 is 1.89 bits per heavy atom. The Morgan fingerprint density at radius 1 is 1.11 bits per heavy atom. The Labute approximate surface area is 163 Å². The SMILES string of the molecule is CCOc1ccccc1NC(=O)Cn1nc(-c2cc(C)ccc2C)ccc1=O. The van der Waals surface area contributed by atoms with Crippen molar-refractivity contribution in [3.63, 3.8) is 0 Å². The minimum absolute atomic E-state index is 0.183. The zero-order chi connectivity index (χ0) is 20.1. The third kappa shape index (κ3) is 4.46. The highest BCUT2D eigenvalue weighted by atomic mass is 16.5. The lowest BCUT2D eigenvalue weighted by Gasteiger charge is -2.12. The molecule has 0 saturated carbocycles. The van der Waals surface area contributed by atoms with E-state index in [1.54, 1.807) is 18.2 Å². The number of amides is 1. The third-order valence-electron chi connectivity index (χ3n) is 4.29. The van der Waals surface area contributed by atoms with Crippen LogP contribution in [0.15, 0.2) is 59.4 Å². The van der Waals surface area contributed by atoms with Crippen molar-refractivity contribution in [2.75, 3.05) is 11.9 Å². The van der Waals surface area contributed by atoms with Crippen molar-refractivity contribution < 1.29 is 9.53 Å². The molecule has 1 aromatic heterocycles. The molecule has 0 saturated heterocycles. The molecule has 28 heavy (non-hydrogen) atoms. The quantitative estimate of drug-likeness (QED) is 0.713. The van der Waals surface area contributed by atoms with E-state index >= 15 is 0 Å². The van der Waals surface area contributed by atoms with Crippen molar-refractivity contribution >= 4 is 11.6 Å². The summed E-state index contributed by atoms with van der Waals surface area (Å²) in [6, 6.07) is 16.4. The summed E-state index contributed by atoms with van der Waals surface area (Å²) < 4.78 is 6.69. The van der Waals surface area contributed by atoms with E-state index < -0.39 is 0 Å². The van der Waals surface area contributed by atoms with Gasteiger partial charge in [-0.05, 0) is 50.6 Å². The van der Waals surface area contributed by atoms with E-state index in [1.807, 2.05) is 51.1 Å². The number of aromatic nitrogens is 2. The summed E-state index contributed by atoms with van der Waals surface area (Å²) in [6.45, 7) is 6.18. The molecule has 0 aliphatic rings. The number of nitrogens with one attached hydrogen (secondary N) is 1. The predicted molar refractivity (Wildman–Crippen MR) is 110 cm³/mol. The average molecular weight is 377 g/mol. The van der Waals surface area contributed by atoms with Crippen LogP contribution < -0.4 is 15.6 Å². The van der Waals surface area contributed by atoms with Gasteiger partial charge >= 0.3 is 0 Å². The van der Waals surface area contributed by atoms with Gasteiger partial charge in [-0.25, -0.2) is 4.68 Å². The number of rotatable bonds is 6. The highest BCUT2D eigenvalue weighted by Crippen LogP contribution is 2.24. The number of carbonyl (C=O) groups is 1. The normalized spacial score (nSPS) is 10.5. The van der Waals surface area contributed by atoms with Gasteiger partial charge < -0.3 is 10.1 Å². The van der Waals surface area contributed by atoms with Crippen LogP contribution >= 0.6 is 0 Å². The molecule has 3 aromatic rings. The first kappa shape index (κ1) is 19.4. The smallest absolute Gasteiger partial charge is 0.267 e. The number of carbonyl (C=O) groups excluding carboxylic acids is 1. The summed E-state index contributed by atoms with van der Waals surface area (Å²) in [7, 11) is 0. The van der Waals surface area contributed by atoms with Gasteiger partial charge in [-0.3, -0.25) is 9.59 Å². The largest absolute Gasteiger partial charge is 0.492 e. The molecule has 3 rings (SSSR count). The van der Waals surface area contributed by atoms with E-state index in [2.05, 4.69) is 10.4 Å². The highest BCUT2D eigenvalue weighted by Gasteiger charge is 2.12. The van der Waals surface area contributed by atoms with Crippen molar-refractivity contribution in [3.05, 3.63) is 76.1 Å². The lowest BCUT2D eigenvalue weighted by atomic mass is 10.0. The summed E-state index contributed by atoms with van der Waals surface area (Å²) in [4.78, 5) is 24.7. The van der Waals surface area contributed by atoms with Crippen LogP contribution in [0.2, 0.25) is 0 Å². The van der Waals surface area contributed by atoms with Crippen LogP contribution in [-0.2, 0) is 11.3 Å². The molecule has 6 heteroatoms. The minimum Gasteiger partial charge on any atom is -0.492 e. The summed E-state index contributed by atoms with van der Waals surface area (Å²) in [6.07, 6.45) is 0. The molecule has 0 spiro atoms. The third-order valence-corrected chi connectivity index (χ3v) is 4.29. The van der Waals surface area contributed by atoms with Gasteiger partial charge in [0.15, 0.2) is 0 Å². The highest BCUT2D eigenvalue weighted by molar-refractivity contribution is 5.92. The van der Waals surface area contributed by atoms with Crippen LogP contribution in [0.5, 0.6) is 5.75 Å². The number of nitrogens with zero attached hydrogens (tertiary/aromatic N) is 2. The summed E-state index contributed by atoms with van der Waals surface area (Å²) in [5.41, 5.74) is 3.98. The van der Waals surface area contributed by atoms with E-state index in [0.717, 1.165) is 16.7 Å². The van der Waals surface area contributed by atoms with Gasteiger partial charge in [-0.15, -0.1) is 0 Å². The van der Waals surface area contributed by atoms with Crippen LogP contribution in [0.1, 0.15) is 18.1 Å². The molecule has 144 valence electrons. The molecule has 0 aliphatic carbocycles. The first-order chi connectivity index (χ1) is 13.5. The van der Waals surface area contributed by atoms with E-state index in [-0.39, 0.29) is 18.0 Å². The zero-order valence-corrected chi connectivity index (χ0v) is 16.2. The minimum atomic E-state index is -0.347. The maximum atomic E-state index is 12.5. The average Bonchev–Trinajstić information content (AvgIpc) is 2.67. The number of anilines is 1. The van der Waals surface area contributed by atoms with Crippen molar-refractivity contribution in [2.24, 2.45) is 0 Å². The molecule has 0 atom stereocenters. The maximum absolute atomic E-state index is 12.5. The van der Waals surface area contributed by atoms with Crippen molar-refractivity contribution in [2.45, 2.75) is 27.3 Å². The van der Waals surface area contributed by atoms with Gasteiger partial charge in [-0.2, -0.15) is 5.10 Å². The molecule has 6 nitrogen and oxygen atoms in total. The lowest BCUT2D eigenvalue weighted by molar-refractivity contribution is -0.117. The Hall–Kier alpha value is -3.41. The Morgan fingerprint density at radius 3 is 2.68 bits per heavy atom. The van der Waals surface area contributed by atoms with Crippen LogP contribution in [-0.4, -0.2) is 22.3 Å². The topological polar surface area (TPSA) is 73.2 Å². The molecular weight excluding hydrogens is 354 g/mol. The molecule has 0 radical (unpaired) electrons. The maximum Gasteiger partial charge on any atom is 0.267 e. The molecular formula is C22H23N3O3. The Balaban J connectivity index is 1.84. The number of hydrogen-bond acceptors (Lipinski definition) is 4. The molecule has 0 aliphatic heterocycles. The first-order valence-corrected chi connectivity index (χ1v) is 9.15. The molecule has 0 unspecified atom stereocenters. The first-order valence-electron chi connectivity index (χ1n) is 9.15. The van der Waals surface area contributed by atoms with Crippen molar-refractivity contribution in [3.8, 4) is 17.0 Å². The standard InChI is InChI=1S/C22H23N3O3/c1-4-28-20-8-6-5-7-19(20)23-21(26)14-25-22(27)12-11-18(24-25)17-13-15(2)9-10-16(17)3/h5-13H,4,14H2,1-3H3,(H,23,26). The summed E-state index contributed by atoms with van der Waals surface area (Å²) in [5.74, 6) is 0.239. The number of aryl methyl sites for hydroxylation is 2. The second-order valence-electron chi connectivity index (χ2n) is 6.51. The lowest BCUT2D eigenvalue weighted by Crippen LogP contribution is -2.29. The zero-order valence-electron chi connectivity index (χ0n) is 16.2. The number of benzene rings is 2. The molecule has 1 N–H and O–H groups in total. The van der Waals surface area contributed by atoms with Gasteiger partial charge in [0.2, 0.25) is 5.91 Å². The molecule has 2 aromatic carbocycles. The number of para-hydroxylation sites is 2. The van der Waals surface area contributed by atoms with E-state index in [9.17, 15) is 9.59 Å². The molecule has 1 amide bonds. The van der Waals surface area contributed by atoms with Crippen LogP contribution in [0, 0.1) is 13.8 Å². The second kappa shape index (κ2) is 8.52. The second-order valence-corrected chi connectivity index (χ2v) is 6.51. The van der Waals surface area contributed by atoms with Crippen molar-refractivity contribution in [1.82, 2.24) is 9.78 Å². The molecule has 1 heterocycles. The van der Waals surface area contributed by atoms with E-state index in [1.165, 1.54) is 10.7 Å². The van der Waals surface area contributed by atoms with E-state index in [0.29, 0.717) is 23.7 Å². The summed E-state index contributed by atoms with van der Waals surface area (Å²) in [5, 5.41) is 7.18. The number of ether oxygens (including phenoxy) is 1. The van der Waals surface area contributed by atoms with Crippen LogP contribution in [0.25, 0.3) is 11.3 Å². The van der Waals surface area contributed by atoms with Gasteiger partial charge in [0, 0.05) is 11.6 Å². The van der Waals surface area contributed by atoms with Crippen LogP contribution in [0.3, 0.4) is 0 Å². The fourth-order valence-electron chi connectivity index (χ4n) is 2.89. The van der Waals surface area contributed by atoms with E-state index in [4.69, 9.17) is 4.74 Å². The monoisotopic (exact) mass is 377 g/mol. The van der Waals surface area contributed by atoms with Gasteiger partial charge in [0.05, 0.1) is 18.0 Å². The fraction of sp³-hybridized carbons (Fsp3) is 0.227. The van der Waals surface area contributed by atoms with Crippen molar-refractivity contribution in [1.29, 1.82) is 0 Å². The van der Waals surface area contributed by atoms with Gasteiger partial charge in [-0.1, -0.05) is 29.8 Å². The Kier molecular flexibility index (Phi) is 5.89. The van der Waals surface area contributed by atoms with Gasteiger partial charge in [0.1, 0.15) is 12.3 Å². The number of hydrogen-bond donors (Lipinski definition) is 1. The molecule has 0 bridgehead atoms.